The normalized spacial score (nSPS) is 30.5. The van der Waals surface area contributed by atoms with E-state index in [9.17, 15) is 19.5 Å². The van der Waals surface area contributed by atoms with E-state index in [4.69, 9.17) is 0 Å². The van der Waals surface area contributed by atoms with Gasteiger partial charge in [-0.05, 0) is 56.7 Å². The number of rotatable bonds is 8. The molecule has 3 fully saturated rings. The molecule has 5 atom stereocenters. The number of nitrogens with one attached hydrogen (secondary N) is 2. The molecular formula is C24H33N3O4S. The molecule has 32 heavy (non-hydrogen) atoms. The molecule has 3 heterocycles. The number of aryl methyl sites for hydroxylation is 2. The van der Waals surface area contributed by atoms with Crippen LogP contribution in [-0.4, -0.2) is 63.5 Å². The molecule has 174 valence electrons. The van der Waals surface area contributed by atoms with Crippen LogP contribution in [0, 0.1) is 25.7 Å². The summed E-state index contributed by atoms with van der Waals surface area (Å²) in [6.07, 6.45) is 2.82. The highest BCUT2D eigenvalue weighted by Gasteiger charge is 2.73. The standard InChI is InChI=1S/C24H33N3O4S/c1-4-10-25-21(29)18-17-8-9-24(32-17)19(18)23(31)27(11-5-12-28)20(24)22(30)26-16-13-14(2)6-7-15(16)3/h6-7,13,17-20,28H,4-5,8-12H2,1-3H3,(H,25,29)(H,26,30)/t17-,18+,19+,20?,24?/m1/s1. The van der Waals surface area contributed by atoms with Crippen molar-refractivity contribution in [3.8, 4) is 0 Å². The van der Waals surface area contributed by atoms with E-state index in [1.807, 2.05) is 39.0 Å². The molecule has 1 aromatic rings. The van der Waals surface area contributed by atoms with Crippen LogP contribution in [0.1, 0.15) is 43.7 Å². The van der Waals surface area contributed by atoms with E-state index in [2.05, 4.69) is 10.6 Å². The summed E-state index contributed by atoms with van der Waals surface area (Å²) in [5.74, 6) is -1.28. The summed E-state index contributed by atoms with van der Waals surface area (Å²) in [7, 11) is 0. The number of nitrogens with zero attached hydrogens (tertiary/aromatic N) is 1. The quantitative estimate of drug-likeness (QED) is 0.554. The lowest BCUT2D eigenvalue weighted by molar-refractivity contribution is -0.139. The van der Waals surface area contributed by atoms with Crippen LogP contribution in [0.5, 0.6) is 0 Å². The van der Waals surface area contributed by atoms with Crippen LogP contribution in [0.4, 0.5) is 5.69 Å². The van der Waals surface area contributed by atoms with Crippen LogP contribution in [0.3, 0.4) is 0 Å². The molecule has 3 saturated heterocycles. The van der Waals surface area contributed by atoms with Crippen LogP contribution in [0.15, 0.2) is 18.2 Å². The molecule has 0 saturated carbocycles. The summed E-state index contributed by atoms with van der Waals surface area (Å²) in [6.45, 7) is 6.78. The van der Waals surface area contributed by atoms with Crippen molar-refractivity contribution in [2.45, 2.75) is 62.5 Å². The first-order valence-electron chi connectivity index (χ1n) is 11.6. The van der Waals surface area contributed by atoms with Gasteiger partial charge in [-0.15, -0.1) is 11.8 Å². The third-order valence-corrected chi connectivity index (χ3v) is 9.06. The van der Waals surface area contributed by atoms with Crippen molar-refractivity contribution in [1.29, 1.82) is 0 Å². The molecule has 4 rings (SSSR count). The van der Waals surface area contributed by atoms with Gasteiger partial charge in [-0.3, -0.25) is 14.4 Å². The van der Waals surface area contributed by atoms with Crippen molar-refractivity contribution in [2.75, 3.05) is 25.0 Å². The largest absolute Gasteiger partial charge is 0.396 e. The van der Waals surface area contributed by atoms with Gasteiger partial charge in [0.1, 0.15) is 6.04 Å². The zero-order valence-electron chi connectivity index (χ0n) is 19.0. The van der Waals surface area contributed by atoms with E-state index < -0.39 is 22.6 Å². The van der Waals surface area contributed by atoms with Crippen molar-refractivity contribution < 1.29 is 19.5 Å². The monoisotopic (exact) mass is 459 g/mol. The fraction of sp³-hybridized carbons (Fsp3) is 0.625. The highest BCUT2D eigenvalue weighted by molar-refractivity contribution is 8.02. The summed E-state index contributed by atoms with van der Waals surface area (Å²) in [6, 6.07) is 5.27. The Morgan fingerprint density at radius 2 is 2.06 bits per heavy atom. The van der Waals surface area contributed by atoms with E-state index >= 15 is 0 Å². The van der Waals surface area contributed by atoms with E-state index in [1.54, 1.807) is 16.7 Å². The van der Waals surface area contributed by atoms with Crippen LogP contribution in [0.25, 0.3) is 0 Å². The highest BCUT2D eigenvalue weighted by atomic mass is 32.2. The zero-order valence-corrected chi connectivity index (χ0v) is 19.8. The van der Waals surface area contributed by atoms with Gasteiger partial charge in [0.25, 0.3) is 0 Å². The Bertz CT molecular complexity index is 923. The molecule has 8 heteroatoms. The zero-order chi connectivity index (χ0) is 23.0. The smallest absolute Gasteiger partial charge is 0.248 e. The second-order valence-electron chi connectivity index (χ2n) is 9.26. The minimum absolute atomic E-state index is 0.0526. The van der Waals surface area contributed by atoms with E-state index in [0.717, 1.165) is 36.1 Å². The Morgan fingerprint density at radius 1 is 1.28 bits per heavy atom. The van der Waals surface area contributed by atoms with Crippen molar-refractivity contribution >= 4 is 35.2 Å². The van der Waals surface area contributed by atoms with Gasteiger partial charge >= 0.3 is 0 Å². The summed E-state index contributed by atoms with van der Waals surface area (Å²) in [5.41, 5.74) is 2.76. The first-order chi connectivity index (χ1) is 15.3. The Morgan fingerprint density at radius 3 is 2.78 bits per heavy atom. The van der Waals surface area contributed by atoms with Crippen LogP contribution in [-0.2, 0) is 14.4 Å². The number of benzene rings is 1. The Balaban J connectivity index is 1.67. The molecule has 0 aliphatic carbocycles. The van der Waals surface area contributed by atoms with Gasteiger partial charge in [-0.1, -0.05) is 19.1 Å². The van der Waals surface area contributed by atoms with Crippen molar-refractivity contribution in [3.63, 3.8) is 0 Å². The third kappa shape index (κ3) is 3.71. The maximum atomic E-state index is 13.7. The van der Waals surface area contributed by atoms with E-state index in [0.29, 0.717) is 19.5 Å². The van der Waals surface area contributed by atoms with Crippen LogP contribution < -0.4 is 10.6 Å². The number of likely N-dealkylation sites (tertiary alicyclic amines) is 1. The van der Waals surface area contributed by atoms with Gasteiger partial charge in [0.2, 0.25) is 17.7 Å². The Hall–Kier alpha value is -2.06. The summed E-state index contributed by atoms with van der Waals surface area (Å²) in [5, 5.41) is 15.5. The fourth-order valence-electron chi connectivity index (χ4n) is 5.67. The van der Waals surface area contributed by atoms with Gasteiger partial charge in [-0.2, -0.15) is 0 Å². The molecule has 3 amide bonds. The Kier molecular flexibility index (Phi) is 6.54. The maximum Gasteiger partial charge on any atom is 0.248 e. The minimum Gasteiger partial charge on any atom is -0.396 e. The summed E-state index contributed by atoms with van der Waals surface area (Å²) in [4.78, 5) is 42.0. The number of amides is 3. The average Bonchev–Trinajstić information content (AvgIpc) is 3.40. The summed E-state index contributed by atoms with van der Waals surface area (Å²) >= 11 is 1.67. The number of carbonyl (C=O) groups is 3. The molecule has 3 aliphatic heterocycles. The van der Waals surface area contributed by atoms with Gasteiger partial charge < -0.3 is 20.6 Å². The number of aliphatic hydroxyl groups excluding tert-OH is 1. The lowest BCUT2D eigenvalue weighted by Crippen LogP contribution is -2.52. The predicted molar refractivity (Wildman–Crippen MR) is 125 cm³/mol. The number of carbonyl (C=O) groups excluding carboxylic acids is 3. The molecule has 0 aromatic heterocycles. The highest BCUT2D eigenvalue weighted by Crippen LogP contribution is 2.66. The number of hydrogen-bond acceptors (Lipinski definition) is 5. The number of aliphatic hydroxyl groups is 1. The second-order valence-corrected chi connectivity index (χ2v) is 10.9. The predicted octanol–water partition coefficient (Wildman–Crippen LogP) is 2.24. The molecule has 7 nitrogen and oxygen atoms in total. The summed E-state index contributed by atoms with van der Waals surface area (Å²) < 4.78 is -0.590. The lowest BCUT2D eigenvalue weighted by Gasteiger charge is -2.34. The second kappa shape index (κ2) is 9.06. The first-order valence-corrected chi connectivity index (χ1v) is 12.5. The van der Waals surface area contributed by atoms with Crippen molar-refractivity contribution in [2.24, 2.45) is 11.8 Å². The van der Waals surface area contributed by atoms with Gasteiger partial charge in [0, 0.05) is 30.6 Å². The number of anilines is 1. The third-order valence-electron chi connectivity index (χ3n) is 7.11. The number of hydrogen-bond donors (Lipinski definition) is 3. The van der Waals surface area contributed by atoms with Crippen LogP contribution in [0.2, 0.25) is 0 Å². The maximum absolute atomic E-state index is 13.7. The SMILES string of the molecule is CCCNC(=O)[C@@H]1[C@H]2C(=O)N(CCCO)C(C(=O)Nc3cc(C)ccc3C)C23CC[C@H]1S3. The fourth-order valence-corrected chi connectivity index (χ4v) is 7.89. The van der Waals surface area contributed by atoms with Gasteiger partial charge in [0.15, 0.2) is 0 Å². The minimum atomic E-state index is -0.648. The molecule has 2 bridgehead atoms. The lowest BCUT2D eigenvalue weighted by atomic mass is 9.70. The first kappa shape index (κ1) is 23.1. The molecule has 0 radical (unpaired) electrons. The van der Waals surface area contributed by atoms with Crippen LogP contribution >= 0.6 is 11.8 Å². The van der Waals surface area contributed by atoms with Crippen molar-refractivity contribution in [3.05, 3.63) is 29.3 Å². The number of thioether (sulfide) groups is 1. The average molecular weight is 460 g/mol. The Labute approximate surface area is 193 Å². The molecule has 1 spiro atoms. The molecular weight excluding hydrogens is 426 g/mol. The topological polar surface area (TPSA) is 98.7 Å². The number of fused-ring (bicyclic) bond motifs is 1. The molecule has 3 N–H and O–H groups in total. The van der Waals surface area contributed by atoms with Gasteiger partial charge in [-0.25, -0.2) is 0 Å². The van der Waals surface area contributed by atoms with Gasteiger partial charge in [0.05, 0.1) is 16.6 Å². The molecule has 3 aliphatic rings. The molecule has 2 unspecified atom stereocenters. The van der Waals surface area contributed by atoms with E-state index in [1.165, 1.54) is 0 Å². The molecule has 1 aromatic carbocycles. The van der Waals surface area contributed by atoms with E-state index in [-0.39, 0.29) is 29.6 Å². The van der Waals surface area contributed by atoms with Crippen molar-refractivity contribution in [1.82, 2.24) is 10.2 Å².